The molecule has 1 amide bonds. The summed E-state index contributed by atoms with van der Waals surface area (Å²) in [6.07, 6.45) is 9.54. The average Bonchev–Trinajstić information content (AvgIpc) is 3.15. The number of aliphatic carboxylic acids is 1. The number of carbonyl (C=O) groups is 2. The molecule has 2 unspecified atom stereocenters. The van der Waals surface area contributed by atoms with Gasteiger partial charge in [0.25, 0.3) is 0 Å². The highest BCUT2D eigenvalue weighted by atomic mass is 32.2. The van der Waals surface area contributed by atoms with Crippen LogP contribution in [0.1, 0.15) is 75.5 Å². The molecule has 0 radical (unpaired) electrons. The van der Waals surface area contributed by atoms with E-state index >= 15 is 0 Å². The van der Waals surface area contributed by atoms with Crippen LogP contribution in [0.5, 0.6) is 5.75 Å². The zero-order valence-electron chi connectivity index (χ0n) is 18.8. The van der Waals surface area contributed by atoms with E-state index in [-0.39, 0.29) is 5.17 Å². The van der Waals surface area contributed by atoms with Crippen LogP contribution >= 0.6 is 11.8 Å². The highest BCUT2D eigenvalue weighted by Gasteiger charge is 2.47. The Hall–Kier alpha value is -2.46. The highest BCUT2D eigenvalue weighted by Crippen LogP contribution is 2.39. The molecule has 0 aromatic heterocycles. The number of hydrogen-bond donors (Lipinski definition) is 2. The summed E-state index contributed by atoms with van der Waals surface area (Å²) < 4.78 is 4.97. The van der Waals surface area contributed by atoms with Crippen molar-refractivity contribution >= 4 is 29.0 Å². The minimum absolute atomic E-state index is 0.0290. The smallest absolute Gasteiger partial charge is 0.493 e. The molecule has 9 nitrogen and oxygen atoms in total. The van der Waals surface area contributed by atoms with Crippen LogP contribution in [0.2, 0.25) is 0 Å². The Balaban J connectivity index is 1.90. The molecule has 1 aromatic carbocycles. The Morgan fingerprint density at radius 3 is 2.28 bits per heavy atom. The zero-order valence-corrected chi connectivity index (χ0v) is 19.6. The topological polar surface area (TPSA) is 121 Å². The number of hydrogen-bond acceptors (Lipinski definition) is 7. The predicted molar refractivity (Wildman–Crippen MR) is 124 cm³/mol. The fourth-order valence-corrected chi connectivity index (χ4v) is 4.32. The van der Waals surface area contributed by atoms with Gasteiger partial charge in [0.2, 0.25) is 0 Å². The molecular weight excluding hydrogens is 432 g/mol. The molecule has 2 rings (SSSR count). The van der Waals surface area contributed by atoms with Crippen LogP contribution in [-0.2, 0) is 4.79 Å². The first kappa shape index (κ1) is 25.8. The van der Waals surface area contributed by atoms with Crippen molar-refractivity contribution in [2.24, 2.45) is 15.5 Å². The molecule has 1 aliphatic heterocycles. The number of carboxylic acid groups (broad SMARTS) is 2. The number of para-hydroxylation sites is 1. The Bertz CT molecular complexity index is 832. The molecule has 1 heterocycles. The first-order valence-electron chi connectivity index (χ1n) is 11.1. The number of amidine groups is 1. The van der Waals surface area contributed by atoms with Crippen molar-refractivity contribution in [3.8, 4) is 5.75 Å². The lowest BCUT2D eigenvalue weighted by Gasteiger charge is -2.19. The summed E-state index contributed by atoms with van der Waals surface area (Å²) in [6, 6.07) is 6.92. The monoisotopic (exact) mass is 465 g/mol. The Morgan fingerprint density at radius 2 is 1.66 bits per heavy atom. The van der Waals surface area contributed by atoms with Gasteiger partial charge in [-0.25, -0.2) is 0 Å². The summed E-state index contributed by atoms with van der Waals surface area (Å²) in [5, 5.41) is 28.9. The molecule has 0 fully saturated rings. The third-order valence-electron chi connectivity index (χ3n) is 5.25. The molecule has 1 aliphatic rings. The van der Waals surface area contributed by atoms with Gasteiger partial charge >= 0.3 is 17.2 Å². The van der Waals surface area contributed by atoms with Gasteiger partial charge in [0.15, 0.2) is 0 Å². The number of nitrogens with zero attached hydrogens (tertiary/aromatic N) is 4. The highest BCUT2D eigenvalue weighted by molar-refractivity contribution is 8.14. The van der Waals surface area contributed by atoms with Gasteiger partial charge in [-0.15, -0.1) is 0 Å². The summed E-state index contributed by atoms with van der Waals surface area (Å²) in [6.45, 7) is 2.72. The number of quaternary nitrogens is 1. The van der Waals surface area contributed by atoms with E-state index in [1.54, 1.807) is 24.3 Å². The van der Waals surface area contributed by atoms with E-state index in [9.17, 15) is 19.8 Å². The third kappa shape index (κ3) is 7.30. The molecule has 0 saturated carbocycles. The van der Waals surface area contributed by atoms with Gasteiger partial charge < -0.3 is 14.9 Å². The van der Waals surface area contributed by atoms with Crippen molar-refractivity contribution in [3.05, 3.63) is 29.8 Å². The van der Waals surface area contributed by atoms with Gasteiger partial charge in [-0.05, 0) is 28.8 Å². The van der Waals surface area contributed by atoms with Crippen molar-refractivity contribution in [1.29, 1.82) is 0 Å². The number of ether oxygens (including phenoxy) is 1. The minimum atomic E-state index is -1.29. The summed E-state index contributed by atoms with van der Waals surface area (Å²) >= 11 is 0.796. The quantitative estimate of drug-likeness (QED) is 0.248. The average molecular weight is 466 g/mol. The van der Waals surface area contributed by atoms with Gasteiger partial charge in [-0.2, -0.15) is 4.79 Å². The van der Waals surface area contributed by atoms with Crippen molar-refractivity contribution < 1.29 is 29.1 Å². The normalized spacial score (nSPS) is 18.4. The van der Waals surface area contributed by atoms with Crippen molar-refractivity contribution in [3.63, 3.8) is 0 Å². The van der Waals surface area contributed by atoms with Gasteiger partial charge in [0, 0.05) is 10.8 Å². The predicted octanol–water partition coefficient (Wildman–Crippen LogP) is 6.23. The van der Waals surface area contributed by atoms with Crippen molar-refractivity contribution in [1.82, 2.24) is 0 Å². The molecule has 10 heteroatoms. The van der Waals surface area contributed by atoms with Gasteiger partial charge in [0.05, 0.1) is 11.8 Å². The number of thioether (sulfide) groups is 1. The molecule has 1 aromatic rings. The van der Waals surface area contributed by atoms with Crippen LogP contribution in [-0.4, -0.2) is 45.7 Å². The van der Waals surface area contributed by atoms with E-state index in [0.29, 0.717) is 17.9 Å². The molecule has 0 saturated heterocycles. The van der Waals surface area contributed by atoms with Crippen molar-refractivity contribution in [2.45, 2.75) is 70.0 Å². The molecule has 2 N–H and O–H groups in total. The Labute approximate surface area is 193 Å². The van der Waals surface area contributed by atoms with Crippen LogP contribution in [0, 0.1) is 0 Å². The largest absolute Gasteiger partial charge is 0.549 e. The lowest BCUT2D eigenvalue weighted by molar-refractivity contribution is -0.748. The second-order valence-corrected chi connectivity index (χ2v) is 8.93. The second-order valence-electron chi connectivity index (χ2n) is 7.85. The number of carboxylic acids is 1. The van der Waals surface area contributed by atoms with E-state index in [1.807, 2.05) is 0 Å². The maximum absolute atomic E-state index is 12.0. The van der Waals surface area contributed by atoms with Gasteiger partial charge in [-0.1, -0.05) is 81.6 Å². The van der Waals surface area contributed by atoms with Crippen LogP contribution < -0.4 is 4.74 Å². The van der Waals surface area contributed by atoms with E-state index < -0.39 is 21.9 Å². The zero-order chi connectivity index (χ0) is 23.4. The lowest BCUT2D eigenvalue weighted by atomic mass is 10.1. The van der Waals surface area contributed by atoms with Crippen molar-refractivity contribution in [2.75, 3.05) is 13.7 Å². The Morgan fingerprint density at radius 1 is 1.03 bits per heavy atom. The number of benzene rings is 1. The van der Waals surface area contributed by atoms with Crippen LogP contribution in [0.25, 0.3) is 0 Å². The molecule has 32 heavy (non-hydrogen) atoms. The summed E-state index contributed by atoms with van der Waals surface area (Å²) in [7, 11) is 1.29. The Kier molecular flexibility index (Phi) is 10.6. The SMILES string of the molecule is CCCCCCCCCCCOc1ccccc1C(SC1=NN=N[N+]1(C)C(=O)O)C(=O)O. The van der Waals surface area contributed by atoms with E-state index in [0.717, 1.165) is 24.6 Å². The fourth-order valence-electron chi connectivity index (χ4n) is 3.29. The van der Waals surface area contributed by atoms with E-state index in [4.69, 9.17) is 4.74 Å². The summed E-state index contributed by atoms with van der Waals surface area (Å²) in [5.41, 5.74) is 0.451. The lowest BCUT2D eigenvalue weighted by Crippen LogP contribution is -2.45. The van der Waals surface area contributed by atoms with E-state index in [2.05, 4.69) is 22.5 Å². The standard InChI is InChI=1S/C22H32N4O5S/c1-3-4-5-6-7-8-9-10-13-16-31-18-15-12-11-14-17(18)19(20(27)28)32-21-23-24-25-26(21,2)22(29)30/h11-12,14-15,19H,3-10,13,16H2,1-2H3,(H-,27,28,29,30)/p+1. The first-order valence-corrected chi connectivity index (χ1v) is 12.0. The van der Waals surface area contributed by atoms with Crippen LogP contribution in [0.15, 0.2) is 39.8 Å². The number of amides is 1. The molecular formula is C22H33N4O5S+. The van der Waals surface area contributed by atoms with Crippen LogP contribution in [0.3, 0.4) is 0 Å². The summed E-state index contributed by atoms with van der Waals surface area (Å²) in [4.78, 5) is 23.6. The van der Waals surface area contributed by atoms with Gasteiger partial charge in [0.1, 0.15) is 18.0 Å². The fraction of sp³-hybridized carbons (Fsp3) is 0.591. The second kappa shape index (κ2) is 13.2. The third-order valence-corrected chi connectivity index (χ3v) is 6.59. The maximum atomic E-state index is 12.0. The van der Waals surface area contributed by atoms with E-state index in [1.165, 1.54) is 52.0 Å². The van der Waals surface area contributed by atoms with Gasteiger partial charge in [-0.3, -0.25) is 4.79 Å². The number of rotatable bonds is 14. The molecule has 176 valence electrons. The maximum Gasteiger partial charge on any atom is 0.549 e. The van der Waals surface area contributed by atoms with Crippen LogP contribution in [0.4, 0.5) is 4.79 Å². The molecule has 2 atom stereocenters. The molecule has 0 bridgehead atoms. The minimum Gasteiger partial charge on any atom is -0.493 e. The molecule has 0 aliphatic carbocycles. The summed E-state index contributed by atoms with van der Waals surface area (Å²) in [5.74, 6) is -0.648. The molecule has 0 spiro atoms. The first-order chi connectivity index (χ1) is 15.4. The number of unbranched alkanes of at least 4 members (excludes halogenated alkanes) is 8.